The van der Waals surface area contributed by atoms with Crippen LogP contribution in [0.5, 0.6) is 5.75 Å². The molecule has 1 amide bonds. The highest BCUT2D eigenvalue weighted by Gasteiger charge is 2.29. The van der Waals surface area contributed by atoms with Gasteiger partial charge in [-0.3, -0.25) is 9.59 Å². The third-order valence-electron chi connectivity index (χ3n) is 5.89. The lowest BCUT2D eigenvalue weighted by atomic mass is 9.87. The molecule has 8 nitrogen and oxygen atoms in total. The van der Waals surface area contributed by atoms with Gasteiger partial charge in [0, 0.05) is 31.0 Å². The molecule has 3 atom stereocenters. The number of pyridine rings is 1. The molecule has 198 valence electrons. The van der Waals surface area contributed by atoms with E-state index in [1.54, 1.807) is 19.1 Å². The lowest BCUT2D eigenvalue weighted by Crippen LogP contribution is -2.41. The van der Waals surface area contributed by atoms with Crippen molar-refractivity contribution in [2.75, 3.05) is 0 Å². The number of amides is 1. The second-order valence-corrected chi connectivity index (χ2v) is 8.89. The number of nitrogens with zero attached hydrogens (tertiary/aromatic N) is 1. The number of hydrogen-bond donors (Lipinski definition) is 1. The summed E-state index contributed by atoms with van der Waals surface area (Å²) in [6, 6.07) is 14.1. The molecule has 0 aliphatic heterocycles. The predicted octanol–water partition coefficient (Wildman–Crippen LogP) is 4.08. The molecule has 9 heteroatoms. The Hall–Kier alpha value is -4.40. The SMILES string of the molecule is CC(=O)Oc1c(CC=O)ccnc1C(=O)N[C@@H](C)C(=O)OC(C)C(c1ccc(C)cc1)c1ccc(F)cc1. The van der Waals surface area contributed by atoms with Crippen molar-refractivity contribution in [2.24, 2.45) is 0 Å². The summed E-state index contributed by atoms with van der Waals surface area (Å²) in [5.74, 6) is -3.09. The average Bonchev–Trinajstić information content (AvgIpc) is 2.87. The summed E-state index contributed by atoms with van der Waals surface area (Å²) in [5, 5.41) is 2.51. The number of aromatic nitrogens is 1. The highest BCUT2D eigenvalue weighted by Crippen LogP contribution is 2.31. The van der Waals surface area contributed by atoms with Gasteiger partial charge in [0.1, 0.15) is 24.2 Å². The maximum absolute atomic E-state index is 13.6. The van der Waals surface area contributed by atoms with E-state index in [-0.39, 0.29) is 29.6 Å². The van der Waals surface area contributed by atoms with Crippen LogP contribution in [0.4, 0.5) is 4.39 Å². The number of nitrogens with one attached hydrogen (secondary N) is 1. The summed E-state index contributed by atoms with van der Waals surface area (Å²) < 4.78 is 24.5. The standard InChI is InChI=1S/C29H29FN2O6/c1-17-5-7-21(8-6-17)25(22-9-11-24(30)12-10-22)19(3)37-29(36)18(2)32-28(35)26-27(38-20(4)34)23(14-16-33)13-15-31-26/h5-13,15-16,18-19,25H,14H2,1-4H3,(H,32,35)/t18-,19?,25?/m0/s1. The Bertz CT molecular complexity index is 1260. The van der Waals surface area contributed by atoms with Crippen molar-refractivity contribution >= 4 is 24.1 Å². The Morgan fingerprint density at radius 2 is 1.61 bits per heavy atom. The quantitative estimate of drug-likeness (QED) is 0.317. The van der Waals surface area contributed by atoms with Crippen LogP contribution in [0.1, 0.15) is 59.4 Å². The third kappa shape index (κ3) is 7.09. The number of benzene rings is 2. The van der Waals surface area contributed by atoms with Crippen molar-refractivity contribution in [1.82, 2.24) is 10.3 Å². The summed E-state index contributed by atoms with van der Waals surface area (Å²) in [6.45, 7) is 6.29. The highest BCUT2D eigenvalue weighted by atomic mass is 19.1. The normalized spacial score (nSPS) is 13.1. The van der Waals surface area contributed by atoms with Crippen LogP contribution < -0.4 is 10.1 Å². The number of carbonyl (C=O) groups is 4. The van der Waals surface area contributed by atoms with E-state index in [0.717, 1.165) is 23.6 Å². The molecule has 0 saturated heterocycles. The summed E-state index contributed by atoms with van der Waals surface area (Å²) in [7, 11) is 0. The summed E-state index contributed by atoms with van der Waals surface area (Å²) >= 11 is 0. The van der Waals surface area contributed by atoms with E-state index < -0.39 is 30.0 Å². The maximum atomic E-state index is 13.6. The third-order valence-corrected chi connectivity index (χ3v) is 5.89. The van der Waals surface area contributed by atoms with Crippen molar-refractivity contribution in [3.8, 4) is 5.75 Å². The Morgan fingerprint density at radius 3 is 2.18 bits per heavy atom. The fourth-order valence-electron chi connectivity index (χ4n) is 4.01. The second-order valence-electron chi connectivity index (χ2n) is 8.89. The molecule has 0 fully saturated rings. The molecule has 0 radical (unpaired) electrons. The molecule has 0 aliphatic carbocycles. The highest BCUT2D eigenvalue weighted by molar-refractivity contribution is 5.98. The van der Waals surface area contributed by atoms with E-state index in [9.17, 15) is 23.6 Å². The van der Waals surface area contributed by atoms with E-state index >= 15 is 0 Å². The summed E-state index contributed by atoms with van der Waals surface area (Å²) in [6.07, 6.45) is 1.16. The van der Waals surface area contributed by atoms with Gasteiger partial charge in [-0.1, -0.05) is 42.0 Å². The number of hydrogen-bond acceptors (Lipinski definition) is 7. The maximum Gasteiger partial charge on any atom is 0.328 e. The van der Waals surface area contributed by atoms with Gasteiger partial charge in [0.15, 0.2) is 11.4 Å². The zero-order valence-electron chi connectivity index (χ0n) is 21.6. The zero-order valence-corrected chi connectivity index (χ0v) is 21.6. The molecule has 0 bridgehead atoms. The van der Waals surface area contributed by atoms with Crippen LogP contribution in [-0.2, 0) is 25.5 Å². The number of rotatable bonds is 10. The first-order chi connectivity index (χ1) is 18.1. The van der Waals surface area contributed by atoms with Crippen LogP contribution in [-0.4, -0.2) is 41.3 Å². The molecule has 0 saturated carbocycles. The average molecular weight is 521 g/mol. The fourth-order valence-corrected chi connectivity index (χ4v) is 4.01. The van der Waals surface area contributed by atoms with Gasteiger partial charge in [-0.25, -0.2) is 14.2 Å². The molecule has 2 aromatic carbocycles. The van der Waals surface area contributed by atoms with Gasteiger partial charge in [0.2, 0.25) is 0 Å². The second kappa shape index (κ2) is 12.7. The molecular weight excluding hydrogens is 491 g/mol. The summed E-state index contributed by atoms with van der Waals surface area (Å²) in [5.41, 5.74) is 2.76. The Kier molecular flexibility index (Phi) is 9.43. The minimum Gasteiger partial charge on any atom is -0.460 e. The first-order valence-corrected chi connectivity index (χ1v) is 12.0. The first kappa shape index (κ1) is 28.2. The van der Waals surface area contributed by atoms with Crippen molar-refractivity contribution < 1.29 is 33.0 Å². The van der Waals surface area contributed by atoms with E-state index in [2.05, 4.69) is 10.3 Å². The van der Waals surface area contributed by atoms with Crippen LogP contribution in [0.15, 0.2) is 60.8 Å². The number of ether oxygens (including phenoxy) is 2. The molecule has 0 aliphatic rings. The van der Waals surface area contributed by atoms with Gasteiger partial charge in [0.05, 0.1) is 0 Å². The first-order valence-electron chi connectivity index (χ1n) is 12.0. The van der Waals surface area contributed by atoms with Crippen molar-refractivity contribution in [1.29, 1.82) is 0 Å². The van der Waals surface area contributed by atoms with Crippen molar-refractivity contribution in [2.45, 2.75) is 52.2 Å². The Labute approximate surface area is 220 Å². The van der Waals surface area contributed by atoms with E-state index in [4.69, 9.17) is 9.47 Å². The van der Waals surface area contributed by atoms with Gasteiger partial charge >= 0.3 is 11.9 Å². The molecule has 0 spiro atoms. The van der Waals surface area contributed by atoms with Crippen LogP contribution in [0.25, 0.3) is 0 Å². The van der Waals surface area contributed by atoms with E-state index in [1.165, 1.54) is 31.3 Å². The Morgan fingerprint density at radius 1 is 1.00 bits per heavy atom. The van der Waals surface area contributed by atoms with Gasteiger partial charge in [-0.15, -0.1) is 0 Å². The molecule has 1 N–H and O–H groups in total. The van der Waals surface area contributed by atoms with Gasteiger partial charge in [0.25, 0.3) is 5.91 Å². The lowest BCUT2D eigenvalue weighted by molar-refractivity contribution is -0.150. The van der Waals surface area contributed by atoms with Crippen LogP contribution in [0, 0.1) is 12.7 Å². The molecular formula is C29H29FN2O6. The number of esters is 2. The van der Waals surface area contributed by atoms with Crippen LogP contribution in [0.3, 0.4) is 0 Å². The van der Waals surface area contributed by atoms with Gasteiger partial charge in [-0.05, 0) is 50.1 Å². The van der Waals surface area contributed by atoms with Crippen molar-refractivity contribution in [3.05, 3.63) is 94.6 Å². The monoisotopic (exact) mass is 520 g/mol. The fraction of sp³-hybridized carbons (Fsp3) is 0.276. The van der Waals surface area contributed by atoms with Gasteiger partial charge < -0.3 is 19.6 Å². The zero-order chi connectivity index (χ0) is 27.8. The molecule has 38 heavy (non-hydrogen) atoms. The van der Waals surface area contributed by atoms with Gasteiger partial charge in [-0.2, -0.15) is 0 Å². The largest absolute Gasteiger partial charge is 0.460 e. The molecule has 3 rings (SSSR count). The predicted molar refractivity (Wildman–Crippen MR) is 137 cm³/mol. The molecule has 1 heterocycles. The Balaban J connectivity index is 1.79. The molecule has 2 unspecified atom stereocenters. The van der Waals surface area contributed by atoms with Crippen molar-refractivity contribution in [3.63, 3.8) is 0 Å². The van der Waals surface area contributed by atoms with E-state index in [1.807, 2.05) is 31.2 Å². The van der Waals surface area contributed by atoms with Crippen LogP contribution >= 0.6 is 0 Å². The molecule has 1 aromatic heterocycles. The summed E-state index contributed by atoms with van der Waals surface area (Å²) in [4.78, 5) is 52.5. The molecule has 3 aromatic rings. The number of aryl methyl sites for hydroxylation is 1. The van der Waals surface area contributed by atoms with Crippen LogP contribution in [0.2, 0.25) is 0 Å². The number of carbonyl (C=O) groups excluding carboxylic acids is 4. The number of aldehydes is 1. The minimum absolute atomic E-state index is 0.0929. The van der Waals surface area contributed by atoms with E-state index in [0.29, 0.717) is 11.8 Å². The topological polar surface area (TPSA) is 112 Å². The smallest absolute Gasteiger partial charge is 0.328 e. The minimum atomic E-state index is -1.08. The number of halogens is 1. The lowest BCUT2D eigenvalue weighted by Gasteiger charge is -2.26.